The first-order valence-electron chi connectivity index (χ1n) is 6.29. The predicted molar refractivity (Wildman–Crippen MR) is 81.1 cm³/mol. The van der Waals surface area contributed by atoms with Gasteiger partial charge in [0.25, 0.3) is 0 Å². The second kappa shape index (κ2) is 7.33. The molecule has 0 fully saturated rings. The molecule has 0 aliphatic carbocycles. The van der Waals surface area contributed by atoms with Crippen molar-refractivity contribution in [2.45, 2.75) is 6.61 Å². The first kappa shape index (κ1) is 15.7. The van der Waals surface area contributed by atoms with Crippen LogP contribution < -0.4 is 4.74 Å². The summed E-state index contributed by atoms with van der Waals surface area (Å²) in [5, 5.41) is 0. The van der Waals surface area contributed by atoms with Gasteiger partial charge in [0, 0.05) is 4.47 Å². The van der Waals surface area contributed by atoms with E-state index in [4.69, 9.17) is 9.47 Å². The standard InChI is InChI=1S/C16H14BrFO3/c1-20-13-5-2-11(3-6-13)9-21-10-16(19)14-8-12(17)4-7-15(14)18/h2-8H,9-10H2,1H3. The number of hydrogen-bond acceptors (Lipinski definition) is 3. The van der Waals surface area contributed by atoms with E-state index in [9.17, 15) is 9.18 Å². The number of hydrogen-bond donors (Lipinski definition) is 0. The number of carbonyl (C=O) groups excluding carboxylic acids is 1. The lowest BCUT2D eigenvalue weighted by atomic mass is 10.1. The fourth-order valence-electron chi connectivity index (χ4n) is 1.77. The van der Waals surface area contributed by atoms with E-state index >= 15 is 0 Å². The van der Waals surface area contributed by atoms with Gasteiger partial charge in [-0.05, 0) is 35.9 Å². The number of rotatable bonds is 6. The summed E-state index contributed by atoms with van der Waals surface area (Å²) in [6, 6.07) is 11.6. The van der Waals surface area contributed by atoms with E-state index in [0.717, 1.165) is 11.3 Å². The molecule has 0 atom stereocenters. The van der Waals surface area contributed by atoms with Crippen molar-refractivity contribution >= 4 is 21.7 Å². The highest BCUT2D eigenvalue weighted by Crippen LogP contribution is 2.16. The van der Waals surface area contributed by atoms with Crippen LogP contribution in [0.25, 0.3) is 0 Å². The summed E-state index contributed by atoms with van der Waals surface area (Å²) in [7, 11) is 1.59. The molecule has 5 heteroatoms. The molecular weight excluding hydrogens is 339 g/mol. The van der Waals surface area contributed by atoms with E-state index in [1.165, 1.54) is 12.1 Å². The Morgan fingerprint density at radius 3 is 2.57 bits per heavy atom. The van der Waals surface area contributed by atoms with E-state index < -0.39 is 5.82 Å². The average molecular weight is 353 g/mol. The maximum absolute atomic E-state index is 13.5. The van der Waals surface area contributed by atoms with Gasteiger partial charge in [0.2, 0.25) is 0 Å². The summed E-state index contributed by atoms with van der Waals surface area (Å²) in [5.74, 6) is -0.176. The summed E-state index contributed by atoms with van der Waals surface area (Å²) >= 11 is 3.21. The van der Waals surface area contributed by atoms with Crippen molar-refractivity contribution in [2.24, 2.45) is 0 Å². The summed E-state index contributed by atoms with van der Waals surface area (Å²) in [6.07, 6.45) is 0. The van der Waals surface area contributed by atoms with Crippen LogP contribution in [0.3, 0.4) is 0 Å². The normalized spacial score (nSPS) is 10.4. The van der Waals surface area contributed by atoms with E-state index in [2.05, 4.69) is 15.9 Å². The highest BCUT2D eigenvalue weighted by atomic mass is 79.9. The molecule has 0 unspecified atom stereocenters. The van der Waals surface area contributed by atoms with Crippen LogP contribution >= 0.6 is 15.9 Å². The Morgan fingerprint density at radius 1 is 1.19 bits per heavy atom. The summed E-state index contributed by atoms with van der Waals surface area (Å²) in [5.41, 5.74) is 0.942. The van der Waals surface area contributed by atoms with Gasteiger partial charge in [-0.25, -0.2) is 4.39 Å². The first-order valence-corrected chi connectivity index (χ1v) is 7.08. The van der Waals surface area contributed by atoms with Gasteiger partial charge < -0.3 is 9.47 Å². The van der Waals surface area contributed by atoms with Crippen LogP contribution in [-0.2, 0) is 11.3 Å². The topological polar surface area (TPSA) is 35.5 Å². The molecule has 0 aliphatic rings. The minimum absolute atomic E-state index is 0.0269. The minimum atomic E-state index is -0.545. The molecule has 2 aromatic rings. The zero-order chi connectivity index (χ0) is 15.2. The molecule has 0 radical (unpaired) electrons. The number of benzene rings is 2. The Kier molecular flexibility index (Phi) is 5.47. The number of ketones is 1. The molecule has 2 rings (SSSR count). The highest BCUT2D eigenvalue weighted by Gasteiger charge is 2.12. The monoisotopic (exact) mass is 352 g/mol. The predicted octanol–water partition coefficient (Wildman–Crippen LogP) is 4.00. The molecule has 0 spiro atoms. The highest BCUT2D eigenvalue weighted by molar-refractivity contribution is 9.10. The zero-order valence-electron chi connectivity index (χ0n) is 11.4. The molecule has 0 heterocycles. The van der Waals surface area contributed by atoms with Crippen LogP contribution in [0.2, 0.25) is 0 Å². The molecule has 0 saturated carbocycles. The Bertz CT molecular complexity index is 626. The Hall–Kier alpha value is -1.72. The van der Waals surface area contributed by atoms with E-state index in [1.807, 2.05) is 24.3 Å². The molecule has 2 aromatic carbocycles. The molecule has 0 saturated heterocycles. The van der Waals surface area contributed by atoms with Gasteiger partial charge in [0.05, 0.1) is 19.3 Å². The second-order valence-corrected chi connectivity index (χ2v) is 5.30. The third kappa shape index (κ3) is 4.37. The maximum atomic E-state index is 13.5. The Labute approximate surface area is 130 Å². The van der Waals surface area contributed by atoms with Crippen LogP contribution in [0.1, 0.15) is 15.9 Å². The third-order valence-corrected chi connectivity index (χ3v) is 3.38. The van der Waals surface area contributed by atoms with Gasteiger partial charge in [-0.3, -0.25) is 4.79 Å². The number of Topliss-reactive ketones (excluding diaryl/α,β-unsaturated/α-hetero) is 1. The number of ether oxygens (including phenoxy) is 2. The minimum Gasteiger partial charge on any atom is -0.497 e. The lowest BCUT2D eigenvalue weighted by molar-refractivity contribution is 0.0722. The number of carbonyl (C=O) groups is 1. The summed E-state index contributed by atoms with van der Waals surface area (Å²) in [4.78, 5) is 11.9. The molecule has 0 aromatic heterocycles. The quantitative estimate of drug-likeness (QED) is 0.737. The van der Waals surface area contributed by atoms with Gasteiger partial charge in [-0.15, -0.1) is 0 Å². The molecule has 0 aliphatic heterocycles. The molecule has 0 N–H and O–H groups in total. The van der Waals surface area contributed by atoms with Gasteiger partial charge in [0.1, 0.15) is 18.2 Å². The van der Waals surface area contributed by atoms with Crippen molar-refractivity contribution in [1.82, 2.24) is 0 Å². The number of methoxy groups -OCH3 is 1. The third-order valence-electron chi connectivity index (χ3n) is 2.89. The van der Waals surface area contributed by atoms with E-state index in [1.54, 1.807) is 13.2 Å². The first-order chi connectivity index (χ1) is 10.1. The fourth-order valence-corrected chi connectivity index (χ4v) is 2.13. The van der Waals surface area contributed by atoms with Crippen LogP contribution in [0.4, 0.5) is 4.39 Å². The van der Waals surface area contributed by atoms with Crippen molar-refractivity contribution in [3.63, 3.8) is 0 Å². The van der Waals surface area contributed by atoms with Gasteiger partial charge in [-0.1, -0.05) is 28.1 Å². The molecule has 0 amide bonds. The Morgan fingerprint density at radius 2 is 1.90 bits per heavy atom. The van der Waals surface area contributed by atoms with Crippen LogP contribution in [0.15, 0.2) is 46.9 Å². The Balaban J connectivity index is 1.90. The summed E-state index contributed by atoms with van der Waals surface area (Å²) in [6.45, 7) is 0.116. The van der Waals surface area contributed by atoms with Gasteiger partial charge in [-0.2, -0.15) is 0 Å². The lowest BCUT2D eigenvalue weighted by Crippen LogP contribution is -2.11. The van der Waals surface area contributed by atoms with Gasteiger partial charge >= 0.3 is 0 Å². The fraction of sp³-hybridized carbons (Fsp3) is 0.188. The van der Waals surface area contributed by atoms with Crippen LogP contribution in [-0.4, -0.2) is 19.5 Å². The van der Waals surface area contributed by atoms with Crippen LogP contribution in [0, 0.1) is 5.82 Å². The lowest BCUT2D eigenvalue weighted by Gasteiger charge is -2.06. The van der Waals surface area contributed by atoms with Crippen molar-refractivity contribution in [2.75, 3.05) is 13.7 Å². The maximum Gasteiger partial charge on any atom is 0.191 e. The number of halogens is 2. The SMILES string of the molecule is COc1ccc(COCC(=O)c2cc(Br)ccc2F)cc1. The van der Waals surface area contributed by atoms with Crippen molar-refractivity contribution in [3.05, 3.63) is 63.9 Å². The second-order valence-electron chi connectivity index (χ2n) is 4.39. The van der Waals surface area contributed by atoms with Crippen molar-refractivity contribution in [3.8, 4) is 5.75 Å². The van der Waals surface area contributed by atoms with Crippen LogP contribution in [0.5, 0.6) is 5.75 Å². The average Bonchev–Trinajstić information content (AvgIpc) is 2.50. The largest absolute Gasteiger partial charge is 0.497 e. The van der Waals surface area contributed by atoms with Gasteiger partial charge in [0.15, 0.2) is 5.78 Å². The smallest absolute Gasteiger partial charge is 0.191 e. The van der Waals surface area contributed by atoms with E-state index in [-0.39, 0.29) is 24.6 Å². The van der Waals surface area contributed by atoms with Crippen molar-refractivity contribution < 1.29 is 18.7 Å². The molecule has 21 heavy (non-hydrogen) atoms. The molecular formula is C16H14BrFO3. The summed E-state index contributed by atoms with van der Waals surface area (Å²) < 4.78 is 24.6. The van der Waals surface area contributed by atoms with E-state index in [0.29, 0.717) is 4.47 Å². The zero-order valence-corrected chi connectivity index (χ0v) is 13.0. The molecule has 0 bridgehead atoms. The van der Waals surface area contributed by atoms with Crippen molar-refractivity contribution in [1.29, 1.82) is 0 Å². The molecule has 110 valence electrons. The molecule has 3 nitrogen and oxygen atoms in total.